The molecule has 1 heterocycles. The van der Waals surface area contributed by atoms with Crippen molar-refractivity contribution in [2.24, 2.45) is 5.92 Å². The normalized spacial score (nSPS) is 15.6. The number of hydrogen-bond acceptors (Lipinski definition) is 2. The van der Waals surface area contributed by atoms with Crippen LogP contribution in [0.2, 0.25) is 0 Å². The smallest absolute Gasteiger partial charge is 0.225 e. The van der Waals surface area contributed by atoms with Crippen molar-refractivity contribution in [2.45, 2.75) is 19.4 Å². The summed E-state index contributed by atoms with van der Waals surface area (Å²) in [6.45, 7) is 0.742. The monoisotopic (exact) mass is 273 g/mol. The highest BCUT2D eigenvalue weighted by Crippen LogP contribution is 2.31. The molecule has 2 rings (SSSR count). The fourth-order valence-electron chi connectivity index (χ4n) is 1.39. The van der Waals surface area contributed by atoms with Gasteiger partial charge in [-0.05, 0) is 40.9 Å². The Morgan fingerprint density at radius 1 is 1.64 bits per heavy atom. The first-order valence-corrected chi connectivity index (χ1v) is 6.27. The molecule has 0 saturated heterocycles. The van der Waals surface area contributed by atoms with E-state index in [-0.39, 0.29) is 0 Å². The number of nitrogens with zero attached hydrogens (tertiary/aromatic N) is 1. The van der Waals surface area contributed by atoms with Gasteiger partial charge in [0.05, 0.1) is 10.3 Å². The van der Waals surface area contributed by atoms with Crippen LogP contribution in [0.25, 0.3) is 0 Å². The average molecular weight is 274 g/mol. The lowest BCUT2D eigenvalue weighted by molar-refractivity contribution is -0.131. The Labute approximate surface area is 96.0 Å². The fraction of sp³-hybridized carbons (Fsp3) is 0.500. The summed E-state index contributed by atoms with van der Waals surface area (Å²) in [6, 6.07) is 4.08. The number of hydrogen-bond donors (Lipinski definition) is 0. The van der Waals surface area contributed by atoms with Crippen LogP contribution in [-0.4, -0.2) is 17.9 Å². The molecule has 0 radical (unpaired) electrons. The molecule has 1 aromatic heterocycles. The summed E-state index contributed by atoms with van der Waals surface area (Å²) in [4.78, 5) is 14.7. The second-order valence-corrected chi connectivity index (χ2v) is 6.22. The van der Waals surface area contributed by atoms with E-state index in [1.54, 1.807) is 11.3 Å². The molecule has 0 aliphatic heterocycles. The van der Waals surface area contributed by atoms with Crippen LogP contribution in [0.1, 0.15) is 17.7 Å². The van der Waals surface area contributed by atoms with Crippen molar-refractivity contribution in [1.82, 2.24) is 4.90 Å². The van der Waals surface area contributed by atoms with E-state index in [4.69, 9.17) is 0 Å². The number of carbonyl (C=O) groups excluding carboxylic acids is 1. The van der Waals surface area contributed by atoms with E-state index < -0.39 is 0 Å². The minimum Gasteiger partial charge on any atom is -0.340 e. The first-order valence-electron chi connectivity index (χ1n) is 4.66. The van der Waals surface area contributed by atoms with Crippen LogP contribution in [0, 0.1) is 5.92 Å². The lowest BCUT2D eigenvalue weighted by Gasteiger charge is -2.15. The van der Waals surface area contributed by atoms with Crippen LogP contribution in [0.3, 0.4) is 0 Å². The molecule has 1 fully saturated rings. The summed E-state index contributed by atoms with van der Waals surface area (Å²) in [5.41, 5.74) is 0. The molecule has 0 aromatic carbocycles. The molecule has 1 amide bonds. The molecule has 1 saturated carbocycles. The van der Waals surface area contributed by atoms with E-state index >= 15 is 0 Å². The number of amides is 1. The number of thiophene rings is 1. The molecule has 4 heteroatoms. The van der Waals surface area contributed by atoms with Crippen molar-refractivity contribution in [2.75, 3.05) is 7.05 Å². The van der Waals surface area contributed by atoms with Gasteiger partial charge in [-0.1, -0.05) is 0 Å². The van der Waals surface area contributed by atoms with E-state index in [1.165, 1.54) is 4.88 Å². The van der Waals surface area contributed by atoms with Crippen LogP contribution in [0.5, 0.6) is 0 Å². The maximum Gasteiger partial charge on any atom is 0.225 e. The van der Waals surface area contributed by atoms with Crippen molar-refractivity contribution >= 4 is 33.2 Å². The largest absolute Gasteiger partial charge is 0.340 e. The SMILES string of the molecule is CN(Cc1ccc(Br)s1)C(=O)C1CC1. The van der Waals surface area contributed by atoms with Gasteiger partial charge < -0.3 is 4.90 Å². The van der Waals surface area contributed by atoms with Gasteiger partial charge in [0.2, 0.25) is 5.91 Å². The third-order valence-corrected chi connectivity index (χ3v) is 3.93. The second kappa shape index (κ2) is 4.03. The quantitative estimate of drug-likeness (QED) is 0.830. The fourth-order valence-corrected chi connectivity index (χ4v) is 2.93. The lowest BCUT2D eigenvalue weighted by atomic mass is 10.3. The molecule has 0 N–H and O–H groups in total. The molecule has 1 aliphatic rings. The molecule has 76 valence electrons. The van der Waals surface area contributed by atoms with Gasteiger partial charge in [-0.25, -0.2) is 0 Å². The number of halogens is 1. The minimum atomic E-state index is 0.300. The first-order chi connectivity index (χ1) is 6.66. The highest BCUT2D eigenvalue weighted by atomic mass is 79.9. The van der Waals surface area contributed by atoms with E-state index in [0.717, 1.165) is 23.2 Å². The van der Waals surface area contributed by atoms with Crippen LogP contribution in [-0.2, 0) is 11.3 Å². The van der Waals surface area contributed by atoms with E-state index in [0.29, 0.717) is 11.8 Å². The standard InChI is InChI=1S/C10H12BrNOS/c1-12(10(13)7-2-3-7)6-8-4-5-9(11)14-8/h4-5,7H,2-3,6H2,1H3. The van der Waals surface area contributed by atoms with E-state index in [1.807, 2.05) is 18.0 Å². The summed E-state index contributed by atoms with van der Waals surface area (Å²) in [5.74, 6) is 0.623. The van der Waals surface area contributed by atoms with Gasteiger partial charge in [0.15, 0.2) is 0 Å². The summed E-state index contributed by atoms with van der Waals surface area (Å²) >= 11 is 5.10. The summed E-state index contributed by atoms with van der Waals surface area (Å²) in [5, 5.41) is 0. The average Bonchev–Trinajstić information content (AvgIpc) is 2.91. The maximum absolute atomic E-state index is 11.6. The van der Waals surface area contributed by atoms with Crippen LogP contribution < -0.4 is 0 Å². The van der Waals surface area contributed by atoms with Crippen LogP contribution in [0.15, 0.2) is 15.9 Å². The predicted octanol–water partition coefficient (Wildman–Crippen LogP) is 2.88. The van der Waals surface area contributed by atoms with E-state index in [2.05, 4.69) is 22.0 Å². The van der Waals surface area contributed by atoms with E-state index in [9.17, 15) is 4.79 Å². The Kier molecular flexibility index (Phi) is 2.93. The summed E-state index contributed by atoms with van der Waals surface area (Å²) in [7, 11) is 1.88. The van der Waals surface area contributed by atoms with Crippen molar-refractivity contribution in [1.29, 1.82) is 0 Å². The van der Waals surface area contributed by atoms with Gasteiger partial charge >= 0.3 is 0 Å². The van der Waals surface area contributed by atoms with Crippen molar-refractivity contribution in [3.8, 4) is 0 Å². The molecule has 0 atom stereocenters. The Bertz CT molecular complexity index is 346. The van der Waals surface area contributed by atoms with Gasteiger partial charge in [0.1, 0.15) is 0 Å². The molecule has 14 heavy (non-hydrogen) atoms. The Morgan fingerprint density at radius 3 is 2.86 bits per heavy atom. The summed E-state index contributed by atoms with van der Waals surface area (Å²) in [6.07, 6.45) is 2.16. The zero-order valence-corrected chi connectivity index (χ0v) is 10.4. The molecule has 1 aliphatic carbocycles. The molecule has 1 aromatic rings. The molecular weight excluding hydrogens is 262 g/mol. The Balaban J connectivity index is 1.93. The van der Waals surface area contributed by atoms with Gasteiger partial charge in [-0.3, -0.25) is 4.79 Å². The third kappa shape index (κ3) is 2.36. The molecule has 0 unspecified atom stereocenters. The van der Waals surface area contributed by atoms with Crippen molar-refractivity contribution in [3.63, 3.8) is 0 Å². The minimum absolute atomic E-state index is 0.300. The predicted molar refractivity (Wildman–Crippen MR) is 61.2 cm³/mol. The zero-order valence-electron chi connectivity index (χ0n) is 8.00. The zero-order chi connectivity index (χ0) is 10.1. The molecule has 2 nitrogen and oxygen atoms in total. The highest BCUT2D eigenvalue weighted by Gasteiger charge is 2.31. The Hall–Kier alpha value is -0.350. The van der Waals surface area contributed by atoms with Gasteiger partial charge in [0.25, 0.3) is 0 Å². The van der Waals surface area contributed by atoms with Gasteiger partial charge in [0, 0.05) is 17.8 Å². The van der Waals surface area contributed by atoms with Crippen LogP contribution in [0.4, 0.5) is 0 Å². The first kappa shape index (κ1) is 10.2. The lowest BCUT2D eigenvalue weighted by Crippen LogP contribution is -2.26. The summed E-state index contributed by atoms with van der Waals surface area (Å²) < 4.78 is 1.12. The second-order valence-electron chi connectivity index (χ2n) is 3.67. The molecular formula is C10H12BrNOS. The maximum atomic E-state index is 11.6. The topological polar surface area (TPSA) is 20.3 Å². The Morgan fingerprint density at radius 2 is 2.36 bits per heavy atom. The van der Waals surface area contributed by atoms with Crippen molar-refractivity contribution < 1.29 is 4.79 Å². The van der Waals surface area contributed by atoms with Crippen LogP contribution >= 0.6 is 27.3 Å². The van der Waals surface area contributed by atoms with Gasteiger partial charge in [-0.15, -0.1) is 11.3 Å². The molecule has 0 bridgehead atoms. The van der Waals surface area contributed by atoms with Crippen molar-refractivity contribution in [3.05, 3.63) is 20.8 Å². The number of carbonyl (C=O) groups is 1. The highest BCUT2D eigenvalue weighted by molar-refractivity contribution is 9.11. The number of rotatable bonds is 3. The molecule has 0 spiro atoms. The third-order valence-electron chi connectivity index (χ3n) is 2.32. The van der Waals surface area contributed by atoms with Gasteiger partial charge in [-0.2, -0.15) is 0 Å².